The van der Waals surface area contributed by atoms with E-state index in [1.165, 1.54) is 11.1 Å². The predicted molar refractivity (Wildman–Crippen MR) is 75.4 cm³/mol. The van der Waals surface area contributed by atoms with Gasteiger partial charge >= 0.3 is 0 Å². The highest BCUT2D eigenvalue weighted by Crippen LogP contribution is 2.07. The van der Waals surface area contributed by atoms with Gasteiger partial charge < -0.3 is 4.90 Å². The molecule has 0 spiro atoms. The van der Waals surface area contributed by atoms with E-state index in [2.05, 4.69) is 29.1 Å². The average Bonchev–Trinajstić information content (AvgIpc) is 2.46. The van der Waals surface area contributed by atoms with Crippen LogP contribution in [0.15, 0.2) is 48.8 Å². The fourth-order valence-corrected chi connectivity index (χ4v) is 2.00. The van der Waals surface area contributed by atoms with Gasteiger partial charge in [0.2, 0.25) is 0 Å². The van der Waals surface area contributed by atoms with E-state index in [-0.39, 0.29) is 0 Å². The number of nitriles is 1. The molecular weight excluding hydrogens is 234 g/mol. The highest BCUT2D eigenvalue weighted by Gasteiger charge is 2.02. The van der Waals surface area contributed by atoms with E-state index in [4.69, 9.17) is 5.26 Å². The third-order valence-electron chi connectivity index (χ3n) is 3.04. The summed E-state index contributed by atoms with van der Waals surface area (Å²) >= 11 is 0. The number of likely N-dealkylation sites (N-methyl/N-ethyl adjacent to an activating group) is 1. The van der Waals surface area contributed by atoms with Crippen LogP contribution in [0.1, 0.15) is 16.7 Å². The summed E-state index contributed by atoms with van der Waals surface area (Å²) in [5.41, 5.74) is 3.20. The highest BCUT2D eigenvalue weighted by molar-refractivity contribution is 5.32. The van der Waals surface area contributed by atoms with Gasteiger partial charge in [0.05, 0.1) is 11.6 Å². The second-order valence-electron chi connectivity index (χ2n) is 4.66. The molecule has 2 aromatic rings. The molecule has 3 nitrogen and oxygen atoms in total. The summed E-state index contributed by atoms with van der Waals surface area (Å²) in [5, 5.41) is 8.88. The van der Waals surface area contributed by atoms with E-state index in [0.29, 0.717) is 0 Å². The number of rotatable bonds is 5. The van der Waals surface area contributed by atoms with E-state index in [0.717, 1.165) is 25.1 Å². The van der Waals surface area contributed by atoms with Crippen molar-refractivity contribution in [3.05, 3.63) is 65.5 Å². The van der Waals surface area contributed by atoms with Gasteiger partial charge in [0.25, 0.3) is 0 Å². The minimum absolute atomic E-state index is 0.722. The van der Waals surface area contributed by atoms with Gasteiger partial charge in [-0.2, -0.15) is 5.26 Å². The SMILES string of the molecule is CN(CCc1ccncc1)Cc1cccc(C#N)c1. The number of aromatic nitrogens is 1. The number of nitrogens with zero attached hydrogens (tertiary/aromatic N) is 3. The van der Waals surface area contributed by atoms with Crippen LogP contribution < -0.4 is 0 Å². The molecule has 1 aromatic heterocycles. The molecule has 0 aliphatic carbocycles. The second-order valence-corrected chi connectivity index (χ2v) is 4.66. The van der Waals surface area contributed by atoms with Crippen molar-refractivity contribution in [3.8, 4) is 6.07 Å². The van der Waals surface area contributed by atoms with Gasteiger partial charge in [0.15, 0.2) is 0 Å². The molecule has 0 amide bonds. The molecule has 0 atom stereocenters. The Morgan fingerprint density at radius 2 is 1.95 bits per heavy atom. The van der Waals surface area contributed by atoms with E-state index >= 15 is 0 Å². The maximum Gasteiger partial charge on any atom is 0.0991 e. The monoisotopic (exact) mass is 251 g/mol. The van der Waals surface area contributed by atoms with Crippen LogP contribution >= 0.6 is 0 Å². The molecule has 0 saturated heterocycles. The van der Waals surface area contributed by atoms with Crippen LogP contribution in [-0.2, 0) is 13.0 Å². The van der Waals surface area contributed by atoms with Crippen LogP contribution in [0.5, 0.6) is 0 Å². The van der Waals surface area contributed by atoms with Crippen molar-refractivity contribution in [1.82, 2.24) is 9.88 Å². The van der Waals surface area contributed by atoms with Gasteiger partial charge in [-0.05, 0) is 48.9 Å². The number of hydrogen-bond acceptors (Lipinski definition) is 3. The lowest BCUT2D eigenvalue weighted by molar-refractivity contribution is 0.331. The van der Waals surface area contributed by atoms with E-state index < -0.39 is 0 Å². The normalized spacial score (nSPS) is 10.4. The fraction of sp³-hybridized carbons (Fsp3) is 0.250. The van der Waals surface area contributed by atoms with Crippen molar-refractivity contribution in [1.29, 1.82) is 5.26 Å². The minimum Gasteiger partial charge on any atom is -0.302 e. The van der Waals surface area contributed by atoms with E-state index in [1.807, 2.05) is 42.7 Å². The summed E-state index contributed by atoms with van der Waals surface area (Å²) in [7, 11) is 2.10. The Morgan fingerprint density at radius 1 is 1.16 bits per heavy atom. The summed E-state index contributed by atoms with van der Waals surface area (Å²) < 4.78 is 0. The highest BCUT2D eigenvalue weighted by atomic mass is 15.1. The standard InChI is InChI=1S/C16H17N3/c1-19(10-7-14-5-8-18-9-6-14)13-16-4-2-3-15(11-16)12-17/h2-6,8-9,11H,7,10,13H2,1H3. The first-order valence-electron chi connectivity index (χ1n) is 6.34. The van der Waals surface area contributed by atoms with Crippen molar-refractivity contribution < 1.29 is 0 Å². The molecule has 0 aliphatic rings. The van der Waals surface area contributed by atoms with Gasteiger partial charge in [0, 0.05) is 25.5 Å². The van der Waals surface area contributed by atoms with Crippen LogP contribution in [-0.4, -0.2) is 23.5 Å². The molecule has 0 fully saturated rings. The molecule has 1 aromatic carbocycles. The topological polar surface area (TPSA) is 39.9 Å². The molecule has 0 saturated carbocycles. The van der Waals surface area contributed by atoms with Crippen molar-refractivity contribution in [2.45, 2.75) is 13.0 Å². The van der Waals surface area contributed by atoms with Crippen LogP contribution in [0.4, 0.5) is 0 Å². The quantitative estimate of drug-likeness (QED) is 0.820. The zero-order valence-electron chi connectivity index (χ0n) is 11.1. The van der Waals surface area contributed by atoms with Crippen molar-refractivity contribution in [2.24, 2.45) is 0 Å². The van der Waals surface area contributed by atoms with Crippen LogP contribution in [0, 0.1) is 11.3 Å². The Balaban J connectivity index is 1.87. The number of benzene rings is 1. The van der Waals surface area contributed by atoms with Crippen LogP contribution in [0.25, 0.3) is 0 Å². The molecule has 2 rings (SSSR count). The Bertz CT molecular complexity index is 558. The third kappa shape index (κ3) is 4.20. The molecule has 1 heterocycles. The maximum absolute atomic E-state index is 8.88. The maximum atomic E-state index is 8.88. The molecular formula is C16H17N3. The lowest BCUT2D eigenvalue weighted by Crippen LogP contribution is -2.20. The van der Waals surface area contributed by atoms with Gasteiger partial charge in [0.1, 0.15) is 0 Å². The predicted octanol–water partition coefficient (Wildman–Crippen LogP) is 2.63. The van der Waals surface area contributed by atoms with Gasteiger partial charge in [-0.25, -0.2) is 0 Å². The van der Waals surface area contributed by atoms with E-state index in [1.54, 1.807) is 0 Å². The van der Waals surface area contributed by atoms with Crippen molar-refractivity contribution in [3.63, 3.8) is 0 Å². The first kappa shape index (κ1) is 13.3. The summed E-state index contributed by atoms with van der Waals surface area (Å²) in [6.07, 6.45) is 4.66. The number of hydrogen-bond donors (Lipinski definition) is 0. The molecule has 0 aliphatic heterocycles. The molecule has 96 valence electrons. The Hall–Kier alpha value is -2.18. The Labute approximate surface area is 114 Å². The molecule has 3 heteroatoms. The van der Waals surface area contributed by atoms with Crippen molar-refractivity contribution >= 4 is 0 Å². The summed E-state index contributed by atoms with van der Waals surface area (Å²) in [6, 6.07) is 14.0. The molecule has 0 radical (unpaired) electrons. The third-order valence-corrected chi connectivity index (χ3v) is 3.04. The summed E-state index contributed by atoms with van der Waals surface area (Å²) in [4.78, 5) is 6.28. The van der Waals surface area contributed by atoms with Crippen molar-refractivity contribution in [2.75, 3.05) is 13.6 Å². The Kier molecular flexibility index (Phi) is 4.66. The lowest BCUT2D eigenvalue weighted by atomic mass is 10.1. The Morgan fingerprint density at radius 3 is 2.68 bits per heavy atom. The molecule has 0 N–H and O–H groups in total. The molecule has 19 heavy (non-hydrogen) atoms. The van der Waals surface area contributed by atoms with Gasteiger partial charge in [-0.3, -0.25) is 4.98 Å². The first-order chi connectivity index (χ1) is 9.28. The summed E-state index contributed by atoms with van der Waals surface area (Å²) in [5.74, 6) is 0. The van der Waals surface area contributed by atoms with E-state index in [9.17, 15) is 0 Å². The zero-order chi connectivity index (χ0) is 13.5. The largest absolute Gasteiger partial charge is 0.302 e. The van der Waals surface area contributed by atoms with Crippen LogP contribution in [0.3, 0.4) is 0 Å². The molecule has 0 bridgehead atoms. The molecule has 0 unspecified atom stereocenters. The lowest BCUT2D eigenvalue weighted by Gasteiger charge is -2.16. The second kappa shape index (κ2) is 6.67. The first-order valence-corrected chi connectivity index (χ1v) is 6.34. The smallest absolute Gasteiger partial charge is 0.0991 e. The fourth-order valence-electron chi connectivity index (χ4n) is 2.00. The minimum atomic E-state index is 0.722. The zero-order valence-corrected chi connectivity index (χ0v) is 11.1. The summed E-state index contributed by atoms with van der Waals surface area (Å²) in [6.45, 7) is 1.85. The average molecular weight is 251 g/mol. The van der Waals surface area contributed by atoms with Gasteiger partial charge in [-0.15, -0.1) is 0 Å². The van der Waals surface area contributed by atoms with Gasteiger partial charge in [-0.1, -0.05) is 12.1 Å². The number of pyridine rings is 1. The van der Waals surface area contributed by atoms with Crippen LogP contribution in [0.2, 0.25) is 0 Å².